The van der Waals surface area contributed by atoms with Crippen molar-refractivity contribution in [3.05, 3.63) is 29.8 Å². The van der Waals surface area contributed by atoms with E-state index in [2.05, 4.69) is 16.0 Å². The third kappa shape index (κ3) is 7.02. The molecule has 4 N–H and O–H groups in total. The molecule has 0 spiro atoms. The molecule has 152 valence electrons. The van der Waals surface area contributed by atoms with Gasteiger partial charge in [-0.15, -0.1) is 0 Å². The summed E-state index contributed by atoms with van der Waals surface area (Å²) in [6.07, 6.45) is 6.18. The zero-order valence-corrected chi connectivity index (χ0v) is 16.0. The first-order valence-corrected chi connectivity index (χ1v) is 9.55. The van der Waals surface area contributed by atoms with Crippen molar-refractivity contribution >= 4 is 29.4 Å². The SMILES string of the molecule is CC(NC(=O)c1ccc(NC(=O)CNC(=O)CCC2CCCC2)cc1)C(=O)O. The fourth-order valence-corrected chi connectivity index (χ4v) is 3.15. The summed E-state index contributed by atoms with van der Waals surface area (Å²) in [5.41, 5.74) is 0.763. The highest BCUT2D eigenvalue weighted by atomic mass is 16.4. The molecule has 0 heterocycles. The van der Waals surface area contributed by atoms with Gasteiger partial charge in [0.1, 0.15) is 6.04 Å². The molecule has 28 heavy (non-hydrogen) atoms. The van der Waals surface area contributed by atoms with Gasteiger partial charge in [0.15, 0.2) is 0 Å². The minimum absolute atomic E-state index is 0.109. The summed E-state index contributed by atoms with van der Waals surface area (Å²) in [4.78, 5) is 46.5. The summed E-state index contributed by atoms with van der Waals surface area (Å²) in [6, 6.07) is 5.06. The predicted molar refractivity (Wildman–Crippen MR) is 104 cm³/mol. The lowest BCUT2D eigenvalue weighted by Gasteiger charge is -2.11. The maximum Gasteiger partial charge on any atom is 0.325 e. The van der Waals surface area contributed by atoms with Crippen molar-refractivity contribution in [2.45, 2.75) is 51.5 Å². The van der Waals surface area contributed by atoms with Crippen LogP contribution in [0, 0.1) is 5.92 Å². The first-order chi connectivity index (χ1) is 13.3. The Morgan fingerprint density at radius 1 is 1.07 bits per heavy atom. The van der Waals surface area contributed by atoms with E-state index in [-0.39, 0.29) is 23.9 Å². The van der Waals surface area contributed by atoms with Crippen LogP contribution in [0.25, 0.3) is 0 Å². The molecule has 1 aliphatic rings. The van der Waals surface area contributed by atoms with E-state index in [1.165, 1.54) is 44.7 Å². The van der Waals surface area contributed by atoms with Crippen LogP contribution in [0.4, 0.5) is 5.69 Å². The van der Waals surface area contributed by atoms with Crippen LogP contribution < -0.4 is 16.0 Å². The first-order valence-electron chi connectivity index (χ1n) is 9.55. The number of carbonyl (C=O) groups excluding carboxylic acids is 3. The summed E-state index contributed by atoms with van der Waals surface area (Å²) in [7, 11) is 0. The molecule has 0 aromatic heterocycles. The van der Waals surface area contributed by atoms with E-state index < -0.39 is 17.9 Å². The van der Waals surface area contributed by atoms with Crippen LogP contribution in [0.1, 0.15) is 55.8 Å². The van der Waals surface area contributed by atoms with E-state index in [4.69, 9.17) is 5.11 Å². The molecule has 1 atom stereocenters. The van der Waals surface area contributed by atoms with Gasteiger partial charge < -0.3 is 21.1 Å². The van der Waals surface area contributed by atoms with E-state index in [0.717, 1.165) is 6.42 Å². The number of carboxylic acid groups (broad SMARTS) is 1. The summed E-state index contributed by atoms with van der Waals surface area (Å²) >= 11 is 0. The number of hydrogen-bond acceptors (Lipinski definition) is 4. The molecule has 3 amide bonds. The van der Waals surface area contributed by atoms with Crippen LogP contribution in [0.3, 0.4) is 0 Å². The van der Waals surface area contributed by atoms with Crippen LogP contribution in [0.15, 0.2) is 24.3 Å². The highest BCUT2D eigenvalue weighted by Gasteiger charge is 2.17. The van der Waals surface area contributed by atoms with Gasteiger partial charge in [0.25, 0.3) is 5.91 Å². The lowest BCUT2D eigenvalue weighted by molar-refractivity contribution is -0.138. The highest BCUT2D eigenvalue weighted by molar-refractivity contribution is 5.98. The van der Waals surface area contributed by atoms with E-state index in [0.29, 0.717) is 18.0 Å². The van der Waals surface area contributed by atoms with Crippen molar-refractivity contribution < 1.29 is 24.3 Å². The van der Waals surface area contributed by atoms with Crippen LogP contribution in [0.5, 0.6) is 0 Å². The molecule has 8 heteroatoms. The van der Waals surface area contributed by atoms with Crippen LogP contribution >= 0.6 is 0 Å². The average molecular weight is 389 g/mol. The molecule has 1 unspecified atom stereocenters. The van der Waals surface area contributed by atoms with Gasteiger partial charge >= 0.3 is 5.97 Å². The smallest absolute Gasteiger partial charge is 0.325 e. The third-order valence-corrected chi connectivity index (χ3v) is 4.85. The lowest BCUT2D eigenvalue weighted by Crippen LogP contribution is -2.38. The van der Waals surface area contributed by atoms with Gasteiger partial charge in [0.2, 0.25) is 11.8 Å². The van der Waals surface area contributed by atoms with E-state index >= 15 is 0 Å². The Kier molecular flexibility index (Phi) is 7.98. The van der Waals surface area contributed by atoms with Gasteiger partial charge in [-0.25, -0.2) is 0 Å². The van der Waals surface area contributed by atoms with Gasteiger partial charge in [-0.2, -0.15) is 0 Å². The minimum atomic E-state index is -1.12. The normalized spacial score (nSPS) is 14.9. The van der Waals surface area contributed by atoms with Crippen molar-refractivity contribution in [1.82, 2.24) is 10.6 Å². The van der Waals surface area contributed by atoms with Gasteiger partial charge in [-0.05, 0) is 43.5 Å². The summed E-state index contributed by atoms with van der Waals surface area (Å²) in [5.74, 6) is -1.48. The highest BCUT2D eigenvalue weighted by Crippen LogP contribution is 2.28. The fourth-order valence-electron chi connectivity index (χ4n) is 3.15. The third-order valence-electron chi connectivity index (χ3n) is 4.85. The molecule has 1 aliphatic carbocycles. The van der Waals surface area contributed by atoms with E-state index in [9.17, 15) is 19.2 Å². The number of rotatable bonds is 9. The number of aliphatic carboxylic acids is 1. The van der Waals surface area contributed by atoms with E-state index in [1.54, 1.807) is 12.1 Å². The molecule has 0 aliphatic heterocycles. The Labute approximate surface area is 164 Å². The zero-order chi connectivity index (χ0) is 20.5. The number of benzene rings is 1. The summed E-state index contributed by atoms with van der Waals surface area (Å²) < 4.78 is 0. The summed E-state index contributed by atoms with van der Waals surface area (Å²) in [5, 5.41) is 16.4. The second-order valence-electron chi connectivity index (χ2n) is 7.12. The standard InChI is InChI=1S/C20H27N3O5/c1-13(20(27)28)22-19(26)15-7-9-16(10-8-15)23-18(25)12-21-17(24)11-6-14-4-2-3-5-14/h7-10,13-14H,2-6,11-12H2,1H3,(H,21,24)(H,22,26)(H,23,25)(H,27,28). The Hall–Kier alpha value is -2.90. The largest absolute Gasteiger partial charge is 0.480 e. The predicted octanol–water partition coefficient (Wildman–Crippen LogP) is 1.91. The lowest BCUT2D eigenvalue weighted by atomic mass is 10.0. The quantitative estimate of drug-likeness (QED) is 0.513. The maximum atomic E-state index is 11.9. The van der Waals surface area contributed by atoms with Crippen molar-refractivity contribution in [1.29, 1.82) is 0 Å². The number of carbonyl (C=O) groups is 4. The zero-order valence-electron chi connectivity index (χ0n) is 16.0. The Bertz CT molecular complexity index is 711. The van der Waals surface area contributed by atoms with Crippen molar-refractivity contribution in [2.24, 2.45) is 5.92 Å². The number of hydrogen-bond donors (Lipinski definition) is 4. The first kappa shape index (κ1) is 21.4. The number of anilines is 1. The van der Waals surface area contributed by atoms with Crippen molar-refractivity contribution in [3.63, 3.8) is 0 Å². The summed E-state index contributed by atoms with van der Waals surface area (Å²) in [6.45, 7) is 1.26. The molecule has 2 rings (SSSR count). The van der Waals surface area contributed by atoms with Gasteiger partial charge in [-0.3, -0.25) is 19.2 Å². The fraction of sp³-hybridized carbons (Fsp3) is 0.500. The number of nitrogens with one attached hydrogen (secondary N) is 3. The Morgan fingerprint density at radius 3 is 2.32 bits per heavy atom. The molecule has 1 saturated carbocycles. The molecule has 0 radical (unpaired) electrons. The molecule has 1 aromatic rings. The van der Waals surface area contributed by atoms with Crippen LogP contribution in [0.2, 0.25) is 0 Å². The molecular formula is C20H27N3O5. The van der Waals surface area contributed by atoms with E-state index in [1.807, 2.05) is 0 Å². The maximum absolute atomic E-state index is 11.9. The van der Waals surface area contributed by atoms with Gasteiger partial charge in [0.05, 0.1) is 6.54 Å². The topological polar surface area (TPSA) is 125 Å². The molecule has 8 nitrogen and oxygen atoms in total. The Balaban J connectivity index is 1.72. The molecule has 0 saturated heterocycles. The molecule has 0 bridgehead atoms. The second kappa shape index (κ2) is 10.4. The number of carboxylic acids is 1. The molecular weight excluding hydrogens is 362 g/mol. The van der Waals surface area contributed by atoms with Gasteiger partial charge in [-0.1, -0.05) is 25.7 Å². The van der Waals surface area contributed by atoms with Gasteiger partial charge in [0, 0.05) is 17.7 Å². The monoisotopic (exact) mass is 389 g/mol. The van der Waals surface area contributed by atoms with Crippen molar-refractivity contribution in [2.75, 3.05) is 11.9 Å². The second-order valence-corrected chi connectivity index (χ2v) is 7.12. The number of amides is 3. The van der Waals surface area contributed by atoms with Crippen LogP contribution in [-0.4, -0.2) is 41.4 Å². The minimum Gasteiger partial charge on any atom is -0.480 e. The molecule has 1 aromatic carbocycles. The Morgan fingerprint density at radius 2 is 1.71 bits per heavy atom. The average Bonchev–Trinajstić information content (AvgIpc) is 3.18. The van der Waals surface area contributed by atoms with Crippen LogP contribution in [-0.2, 0) is 14.4 Å². The van der Waals surface area contributed by atoms with Crippen molar-refractivity contribution in [3.8, 4) is 0 Å². The molecule has 1 fully saturated rings.